The first-order valence-electron chi connectivity index (χ1n) is 12.0. The van der Waals surface area contributed by atoms with Crippen molar-refractivity contribution in [3.63, 3.8) is 0 Å². The summed E-state index contributed by atoms with van der Waals surface area (Å²) in [7, 11) is -3.60. The lowest BCUT2D eigenvalue weighted by Crippen LogP contribution is -2.52. The molecular formula is C23H33FN4O5S. The van der Waals surface area contributed by atoms with E-state index in [9.17, 15) is 22.4 Å². The Labute approximate surface area is 199 Å². The van der Waals surface area contributed by atoms with Gasteiger partial charge < -0.3 is 15.0 Å². The van der Waals surface area contributed by atoms with E-state index in [-0.39, 0.29) is 24.0 Å². The Morgan fingerprint density at radius 2 is 1.91 bits per heavy atom. The van der Waals surface area contributed by atoms with E-state index in [1.165, 1.54) is 11.0 Å². The number of sulfonamides is 1. The first-order chi connectivity index (χ1) is 16.3. The highest BCUT2D eigenvalue weighted by Crippen LogP contribution is 2.36. The normalized spacial score (nSPS) is 20.4. The van der Waals surface area contributed by atoms with E-state index in [4.69, 9.17) is 4.74 Å². The Hall–Kier alpha value is -2.24. The number of piperidine rings is 1. The van der Waals surface area contributed by atoms with Gasteiger partial charge in [-0.25, -0.2) is 22.3 Å². The Morgan fingerprint density at radius 3 is 2.59 bits per heavy atom. The molecule has 0 spiro atoms. The van der Waals surface area contributed by atoms with Crippen molar-refractivity contribution < 1.29 is 27.1 Å². The van der Waals surface area contributed by atoms with E-state index in [0.717, 1.165) is 18.4 Å². The Bertz CT molecular complexity index is 1010. The third-order valence-electron chi connectivity index (χ3n) is 6.67. The molecule has 0 bridgehead atoms. The van der Waals surface area contributed by atoms with Crippen molar-refractivity contribution in [3.05, 3.63) is 29.6 Å². The number of unbranched alkanes of at least 4 members (excludes halogenated alkanes) is 2. The zero-order valence-electron chi connectivity index (χ0n) is 19.3. The van der Waals surface area contributed by atoms with Crippen molar-refractivity contribution in [2.75, 3.05) is 38.5 Å². The van der Waals surface area contributed by atoms with Gasteiger partial charge >= 0.3 is 6.03 Å². The maximum absolute atomic E-state index is 14.3. The minimum atomic E-state index is -3.60. The van der Waals surface area contributed by atoms with E-state index >= 15 is 0 Å². The molecule has 1 aliphatic carbocycles. The van der Waals surface area contributed by atoms with Crippen LogP contribution in [0.3, 0.4) is 0 Å². The van der Waals surface area contributed by atoms with Gasteiger partial charge in [-0.1, -0.05) is 12.5 Å². The third kappa shape index (κ3) is 6.45. The molecule has 0 aromatic heterocycles. The van der Waals surface area contributed by atoms with Crippen LogP contribution in [0.4, 0.5) is 9.18 Å². The summed E-state index contributed by atoms with van der Waals surface area (Å²) in [6.45, 7) is 2.25. The van der Waals surface area contributed by atoms with Crippen LogP contribution in [0, 0.1) is 11.7 Å². The highest BCUT2D eigenvalue weighted by Gasteiger charge is 2.38. The fourth-order valence-electron chi connectivity index (χ4n) is 4.49. The van der Waals surface area contributed by atoms with Crippen LogP contribution in [-0.2, 0) is 20.4 Å². The van der Waals surface area contributed by atoms with Gasteiger partial charge in [0.2, 0.25) is 15.9 Å². The number of rotatable bonds is 12. The van der Waals surface area contributed by atoms with E-state index in [0.29, 0.717) is 64.3 Å². The van der Waals surface area contributed by atoms with Crippen LogP contribution in [0.15, 0.2) is 18.2 Å². The molecular weight excluding hydrogens is 463 g/mol. The predicted molar refractivity (Wildman–Crippen MR) is 124 cm³/mol. The minimum Gasteiger partial charge on any atom is -0.490 e. The van der Waals surface area contributed by atoms with Gasteiger partial charge in [-0.05, 0) is 75.2 Å². The molecule has 3 amide bonds. The largest absolute Gasteiger partial charge is 0.490 e. The van der Waals surface area contributed by atoms with Gasteiger partial charge in [0.25, 0.3) is 0 Å². The fourth-order valence-corrected chi connectivity index (χ4v) is 6.09. The van der Waals surface area contributed by atoms with E-state index < -0.39 is 27.4 Å². The number of amides is 3. The van der Waals surface area contributed by atoms with Crippen LogP contribution in [0.1, 0.15) is 50.5 Å². The molecule has 0 atom stereocenters. The number of ether oxygens (including phenoxy) is 1. The molecule has 3 N–H and O–H groups in total. The van der Waals surface area contributed by atoms with Crippen LogP contribution in [0.25, 0.3) is 0 Å². The molecule has 3 aliphatic rings. The first-order valence-corrected chi connectivity index (χ1v) is 13.7. The molecule has 11 heteroatoms. The SMILES string of the molecule is O=C1CN(CCCCCS(=O)(=O)NC2(c3ccc(F)c(OCC4CC4)c3)CCNCC2)C(=O)N1. The Morgan fingerprint density at radius 1 is 1.15 bits per heavy atom. The van der Waals surface area contributed by atoms with Gasteiger partial charge in [0.15, 0.2) is 11.6 Å². The first kappa shape index (κ1) is 24.9. The topological polar surface area (TPSA) is 117 Å². The molecule has 188 valence electrons. The van der Waals surface area contributed by atoms with E-state index in [1.54, 1.807) is 12.1 Å². The van der Waals surface area contributed by atoms with Crippen LogP contribution in [0.2, 0.25) is 0 Å². The summed E-state index contributed by atoms with van der Waals surface area (Å²) in [5.74, 6) is -0.143. The van der Waals surface area contributed by atoms with Crippen molar-refractivity contribution in [1.82, 2.24) is 20.3 Å². The molecule has 0 radical (unpaired) electrons. The van der Waals surface area contributed by atoms with Gasteiger partial charge in [-0.3, -0.25) is 10.1 Å². The summed E-state index contributed by atoms with van der Waals surface area (Å²) in [6, 6.07) is 4.25. The van der Waals surface area contributed by atoms with Crippen molar-refractivity contribution >= 4 is 22.0 Å². The highest BCUT2D eigenvalue weighted by atomic mass is 32.2. The van der Waals surface area contributed by atoms with E-state index in [2.05, 4.69) is 15.4 Å². The molecule has 1 aromatic carbocycles. The Balaban J connectivity index is 1.35. The number of nitrogens with one attached hydrogen (secondary N) is 3. The average Bonchev–Trinajstić information content (AvgIpc) is 3.56. The van der Waals surface area contributed by atoms with E-state index in [1.807, 2.05) is 0 Å². The van der Waals surface area contributed by atoms with Crippen LogP contribution in [0.5, 0.6) is 5.75 Å². The van der Waals surface area contributed by atoms with Gasteiger partial charge in [0, 0.05) is 6.54 Å². The number of nitrogens with zero attached hydrogens (tertiary/aromatic N) is 1. The Kier molecular flexibility index (Phi) is 7.73. The number of carbonyl (C=O) groups excluding carboxylic acids is 2. The number of hydrogen-bond acceptors (Lipinski definition) is 6. The minimum absolute atomic E-state index is 0.0421. The summed E-state index contributed by atoms with van der Waals surface area (Å²) in [5, 5.41) is 5.49. The second-order valence-corrected chi connectivity index (χ2v) is 11.3. The zero-order valence-corrected chi connectivity index (χ0v) is 20.1. The van der Waals surface area contributed by atoms with Gasteiger partial charge in [-0.2, -0.15) is 0 Å². The lowest BCUT2D eigenvalue weighted by Gasteiger charge is -2.39. The quantitative estimate of drug-likeness (QED) is 0.300. The number of halogens is 1. The predicted octanol–water partition coefficient (Wildman–Crippen LogP) is 1.83. The zero-order chi connectivity index (χ0) is 24.2. The summed E-state index contributed by atoms with van der Waals surface area (Å²) in [6.07, 6.45) is 4.97. The standard InChI is InChI=1S/C23H33FN4O5S/c24-19-7-6-18(14-20(19)33-16-17-4-5-17)23(8-10-25-11-9-23)27-34(31,32)13-3-1-2-12-28-15-21(29)26-22(28)30/h6-7,14,17,25,27H,1-5,8-13,15-16H2,(H,26,29,30). The van der Waals surface area contributed by atoms with Crippen LogP contribution < -0.4 is 20.1 Å². The number of imide groups is 1. The smallest absolute Gasteiger partial charge is 0.324 e. The van der Waals surface area contributed by atoms with Crippen molar-refractivity contribution in [2.24, 2.45) is 5.92 Å². The monoisotopic (exact) mass is 496 g/mol. The number of urea groups is 1. The summed E-state index contributed by atoms with van der Waals surface area (Å²) in [5.41, 5.74) is -0.0989. The summed E-state index contributed by atoms with van der Waals surface area (Å²) >= 11 is 0. The fraction of sp³-hybridized carbons (Fsp3) is 0.652. The molecule has 4 rings (SSSR count). The van der Waals surface area contributed by atoms with Gasteiger partial charge in [0.1, 0.15) is 6.54 Å². The van der Waals surface area contributed by atoms with Crippen LogP contribution >= 0.6 is 0 Å². The number of benzene rings is 1. The van der Waals surface area contributed by atoms with Crippen molar-refractivity contribution in [1.29, 1.82) is 0 Å². The lowest BCUT2D eigenvalue weighted by molar-refractivity contribution is -0.118. The van der Waals surface area contributed by atoms with Crippen molar-refractivity contribution in [2.45, 2.75) is 50.5 Å². The molecule has 2 aliphatic heterocycles. The molecule has 2 heterocycles. The third-order valence-corrected chi connectivity index (χ3v) is 8.20. The van der Waals surface area contributed by atoms with Crippen molar-refractivity contribution in [3.8, 4) is 5.75 Å². The second kappa shape index (κ2) is 10.6. The summed E-state index contributed by atoms with van der Waals surface area (Å²) in [4.78, 5) is 24.2. The van der Waals surface area contributed by atoms with Gasteiger partial charge in [0.05, 0.1) is 17.9 Å². The highest BCUT2D eigenvalue weighted by molar-refractivity contribution is 7.89. The lowest BCUT2D eigenvalue weighted by atomic mass is 9.82. The maximum Gasteiger partial charge on any atom is 0.324 e. The number of hydrogen-bond donors (Lipinski definition) is 3. The molecule has 3 fully saturated rings. The average molecular weight is 497 g/mol. The molecule has 1 aromatic rings. The molecule has 2 saturated heterocycles. The van der Waals surface area contributed by atoms with Crippen LogP contribution in [-0.4, -0.2) is 63.8 Å². The molecule has 9 nitrogen and oxygen atoms in total. The molecule has 34 heavy (non-hydrogen) atoms. The molecule has 0 unspecified atom stereocenters. The van der Waals surface area contributed by atoms with Gasteiger partial charge in [-0.15, -0.1) is 0 Å². The maximum atomic E-state index is 14.3. The second-order valence-electron chi connectivity index (χ2n) is 9.49. The number of carbonyl (C=O) groups is 2. The molecule has 1 saturated carbocycles. The summed E-state index contributed by atoms with van der Waals surface area (Å²) < 4.78 is 49.0.